The minimum atomic E-state index is 0.822. The van der Waals surface area contributed by atoms with Crippen LogP contribution in [0.3, 0.4) is 0 Å². The lowest BCUT2D eigenvalue weighted by atomic mass is 10.3. The van der Waals surface area contributed by atoms with Gasteiger partial charge in [-0.05, 0) is 17.9 Å². The predicted octanol–water partition coefficient (Wildman–Crippen LogP) is 2.20. The first-order valence-electron chi connectivity index (χ1n) is 3.22. The number of hydrogen-bond donors (Lipinski definition) is 2. The van der Waals surface area contributed by atoms with E-state index in [-0.39, 0.29) is 0 Å². The van der Waals surface area contributed by atoms with Gasteiger partial charge in [-0.1, -0.05) is 25.1 Å². The monoisotopic (exact) mass is 155 g/mol. The van der Waals surface area contributed by atoms with E-state index in [1.165, 1.54) is 0 Å². The molecule has 0 spiro atoms. The Morgan fingerprint density at radius 1 is 1.30 bits per heavy atom. The van der Waals surface area contributed by atoms with Crippen molar-refractivity contribution in [3.63, 3.8) is 0 Å². The summed E-state index contributed by atoms with van der Waals surface area (Å²) in [5.74, 6) is 0.944. The highest BCUT2D eigenvalue weighted by atomic mass is 32.1. The molecule has 1 nitrogen and oxygen atoms in total. The third-order valence-electron chi connectivity index (χ3n) is 0.800. The predicted molar refractivity (Wildman–Crippen MR) is 50.4 cm³/mol. The molecule has 1 rings (SSSR count). The molecule has 2 N–H and O–H groups in total. The normalized spacial score (nSPS) is 7.80. The fourth-order valence-corrected chi connectivity index (χ4v) is 0.453. The van der Waals surface area contributed by atoms with Crippen LogP contribution in [0, 0.1) is 0 Å². The van der Waals surface area contributed by atoms with Crippen LogP contribution in [0.2, 0.25) is 0 Å². The molecular formula is C8H13NS. The molecule has 0 bridgehead atoms. The summed E-state index contributed by atoms with van der Waals surface area (Å²) in [6.45, 7) is 1.99. The van der Waals surface area contributed by atoms with E-state index in [0.29, 0.717) is 0 Å². The largest absolute Gasteiger partial charge is 0.399 e. The van der Waals surface area contributed by atoms with Gasteiger partial charge in [0.1, 0.15) is 0 Å². The number of para-hydroxylation sites is 1. The van der Waals surface area contributed by atoms with E-state index < -0.39 is 0 Å². The molecule has 1 aromatic rings. The Hall–Kier alpha value is -0.630. The van der Waals surface area contributed by atoms with Gasteiger partial charge in [0.05, 0.1) is 0 Å². The van der Waals surface area contributed by atoms with Crippen LogP contribution in [0.1, 0.15) is 6.92 Å². The summed E-state index contributed by atoms with van der Waals surface area (Å²) in [5, 5.41) is 0. The second kappa shape index (κ2) is 6.49. The maximum Gasteiger partial charge on any atom is 0.0313 e. The molecule has 2 heteroatoms. The van der Waals surface area contributed by atoms with Crippen LogP contribution in [0.15, 0.2) is 30.3 Å². The Morgan fingerprint density at radius 2 is 1.70 bits per heavy atom. The lowest BCUT2D eigenvalue weighted by Gasteiger charge is -1.83. The van der Waals surface area contributed by atoms with Gasteiger partial charge in [0.2, 0.25) is 0 Å². The molecule has 0 amide bonds. The second-order valence-corrected chi connectivity index (χ2v) is 2.36. The van der Waals surface area contributed by atoms with Crippen molar-refractivity contribution >= 4 is 18.3 Å². The van der Waals surface area contributed by atoms with Gasteiger partial charge in [-0.15, -0.1) is 0 Å². The van der Waals surface area contributed by atoms with Crippen molar-refractivity contribution in [3.8, 4) is 0 Å². The first-order valence-corrected chi connectivity index (χ1v) is 3.86. The van der Waals surface area contributed by atoms with Crippen molar-refractivity contribution in [2.75, 3.05) is 11.5 Å². The number of anilines is 1. The topological polar surface area (TPSA) is 26.0 Å². The molecule has 0 aliphatic carbocycles. The maximum atomic E-state index is 5.36. The van der Waals surface area contributed by atoms with Gasteiger partial charge in [-0.2, -0.15) is 12.6 Å². The first kappa shape index (κ1) is 9.37. The van der Waals surface area contributed by atoms with Crippen molar-refractivity contribution in [1.29, 1.82) is 0 Å². The Bertz CT molecular complexity index is 151. The van der Waals surface area contributed by atoms with Crippen LogP contribution >= 0.6 is 12.6 Å². The summed E-state index contributed by atoms with van der Waals surface area (Å²) in [5.41, 5.74) is 6.18. The summed E-state index contributed by atoms with van der Waals surface area (Å²) >= 11 is 3.79. The van der Waals surface area contributed by atoms with Gasteiger partial charge < -0.3 is 5.73 Å². The number of benzene rings is 1. The number of thiol groups is 1. The molecule has 0 heterocycles. The summed E-state index contributed by atoms with van der Waals surface area (Å²) in [7, 11) is 0. The van der Waals surface area contributed by atoms with Crippen LogP contribution in [0.4, 0.5) is 5.69 Å². The van der Waals surface area contributed by atoms with E-state index in [9.17, 15) is 0 Å². The second-order valence-electron chi connectivity index (χ2n) is 1.73. The van der Waals surface area contributed by atoms with Crippen molar-refractivity contribution < 1.29 is 0 Å². The third kappa shape index (κ3) is 5.51. The average molecular weight is 155 g/mol. The van der Waals surface area contributed by atoms with Gasteiger partial charge in [0.15, 0.2) is 0 Å². The molecule has 0 radical (unpaired) electrons. The summed E-state index contributed by atoms with van der Waals surface area (Å²) in [4.78, 5) is 0. The van der Waals surface area contributed by atoms with Crippen LogP contribution in [-0.4, -0.2) is 5.75 Å². The van der Waals surface area contributed by atoms with E-state index in [2.05, 4.69) is 12.6 Å². The van der Waals surface area contributed by atoms with Crippen molar-refractivity contribution in [2.24, 2.45) is 0 Å². The van der Waals surface area contributed by atoms with E-state index in [4.69, 9.17) is 5.73 Å². The summed E-state index contributed by atoms with van der Waals surface area (Å²) < 4.78 is 0. The molecule has 1 aromatic carbocycles. The van der Waals surface area contributed by atoms with Gasteiger partial charge in [0.25, 0.3) is 0 Å². The number of rotatable bonds is 0. The van der Waals surface area contributed by atoms with Crippen LogP contribution in [-0.2, 0) is 0 Å². The molecule has 10 heavy (non-hydrogen) atoms. The van der Waals surface area contributed by atoms with Crippen LogP contribution in [0.5, 0.6) is 0 Å². The molecule has 0 saturated heterocycles. The highest BCUT2D eigenvalue weighted by Crippen LogP contribution is 1.95. The fourth-order valence-electron chi connectivity index (χ4n) is 0.453. The first-order chi connectivity index (χ1) is 4.81. The molecule has 0 unspecified atom stereocenters. The Balaban J connectivity index is 0.000000236. The maximum absolute atomic E-state index is 5.36. The average Bonchev–Trinajstić information content (AvgIpc) is 1.91. The quantitative estimate of drug-likeness (QED) is 0.436. The lowest BCUT2D eigenvalue weighted by molar-refractivity contribution is 1.54. The van der Waals surface area contributed by atoms with Gasteiger partial charge in [-0.25, -0.2) is 0 Å². The minimum Gasteiger partial charge on any atom is -0.399 e. The Labute approximate surface area is 67.7 Å². The van der Waals surface area contributed by atoms with Gasteiger partial charge in [0, 0.05) is 5.69 Å². The van der Waals surface area contributed by atoms with E-state index in [1.807, 2.05) is 37.3 Å². The highest BCUT2D eigenvalue weighted by molar-refractivity contribution is 7.80. The smallest absolute Gasteiger partial charge is 0.0313 e. The zero-order valence-electron chi connectivity index (χ0n) is 6.12. The van der Waals surface area contributed by atoms with Crippen molar-refractivity contribution in [2.45, 2.75) is 6.92 Å². The summed E-state index contributed by atoms with van der Waals surface area (Å²) in [6.07, 6.45) is 0. The third-order valence-corrected chi connectivity index (χ3v) is 0.800. The molecule has 56 valence electrons. The molecule has 0 aromatic heterocycles. The van der Waals surface area contributed by atoms with Gasteiger partial charge >= 0.3 is 0 Å². The standard InChI is InChI=1S/C6H7N.C2H6S/c7-6-4-2-1-3-5-6;1-2-3/h1-5H,7H2;3H,2H2,1H3. The Morgan fingerprint density at radius 3 is 1.90 bits per heavy atom. The SMILES string of the molecule is CCS.Nc1ccccc1. The zero-order chi connectivity index (χ0) is 7.82. The molecule has 0 aliphatic rings. The zero-order valence-corrected chi connectivity index (χ0v) is 7.01. The van der Waals surface area contributed by atoms with E-state index in [0.717, 1.165) is 11.4 Å². The molecule has 0 atom stereocenters. The highest BCUT2D eigenvalue weighted by Gasteiger charge is 1.72. The number of nitrogen functional groups attached to an aromatic ring is 1. The number of nitrogens with two attached hydrogens (primary N) is 1. The van der Waals surface area contributed by atoms with E-state index in [1.54, 1.807) is 0 Å². The van der Waals surface area contributed by atoms with Crippen LogP contribution in [0.25, 0.3) is 0 Å². The van der Waals surface area contributed by atoms with Crippen molar-refractivity contribution in [3.05, 3.63) is 30.3 Å². The van der Waals surface area contributed by atoms with E-state index >= 15 is 0 Å². The van der Waals surface area contributed by atoms with Crippen LogP contribution < -0.4 is 5.73 Å². The molecule has 0 aliphatic heterocycles. The molecule has 0 fully saturated rings. The van der Waals surface area contributed by atoms with Crippen molar-refractivity contribution in [1.82, 2.24) is 0 Å². The minimum absolute atomic E-state index is 0.822. The van der Waals surface area contributed by atoms with Gasteiger partial charge in [-0.3, -0.25) is 0 Å². The summed E-state index contributed by atoms with van der Waals surface area (Å²) in [6, 6.07) is 9.49. The lowest BCUT2D eigenvalue weighted by Crippen LogP contribution is -1.79. The Kier molecular flexibility index (Phi) is 6.08. The number of hydrogen-bond acceptors (Lipinski definition) is 2. The molecule has 0 saturated carbocycles. The molecular weight excluding hydrogens is 142 g/mol. The fraction of sp³-hybridized carbons (Fsp3) is 0.250.